The molecule has 0 amide bonds. The van der Waals surface area contributed by atoms with Gasteiger partial charge < -0.3 is 10.1 Å². The van der Waals surface area contributed by atoms with Crippen molar-refractivity contribution in [2.45, 2.75) is 12.7 Å². The Morgan fingerprint density at radius 1 is 0.939 bits per heavy atom. The van der Waals surface area contributed by atoms with E-state index in [1.807, 2.05) is 54.6 Å². The zero-order chi connectivity index (χ0) is 23.0. The topological polar surface area (TPSA) is 90.2 Å². The average molecular weight is 461 g/mol. The molecule has 1 aromatic heterocycles. The minimum Gasteiger partial charge on any atom is -0.367 e. The second kappa shape index (κ2) is 10.7. The van der Waals surface area contributed by atoms with Gasteiger partial charge in [0.25, 0.3) is 5.69 Å². The molecule has 4 rings (SSSR count). The van der Waals surface area contributed by atoms with Crippen LogP contribution in [0.25, 0.3) is 11.3 Å². The Morgan fingerprint density at radius 2 is 1.73 bits per heavy atom. The smallest absolute Gasteiger partial charge is 0.270 e. The largest absolute Gasteiger partial charge is 0.367 e. The first-order valence-corrected chi connectivity index (χ1v) is 10.7. The second-order valence-electron chi connectivity index (χ2n) is 7.33. The molecule has 4 aromatic rings. The molecule has 0 spiro atoms. The van der Waals surface area contributed by atoms with Crippen molar-refractivity contribution in [3.63, 3.8) is 0 Å². The van der Waals surface area contributed by atoms with Gasteiger partial charge in [0.1, 0.15) is 11.9 Å². The van der Waals surface area contributed by atoms with Gasteiger partial charge in [-0.25, -0.2) is 0 Å². The van der Waals surface area contributed by atoms with E-state index in [0.29, 0.717) is 35.2 Å². The van der Waals surface area contributed by atoms with Gasteiger partial charge in [-0.15, -0.1) is 10.2 Å². The number of nitro groups is 1. The highest BCUT2D eigenvalue weighted by molar-refractivity contribution is 6.30. The van der Waals surface area contributed by atoms with Gasteiger partial charge in [0, 0.05) is 29.3 Å². The monoisotopic (exact) mass is 460 g/mol. The minimum atomic E-state index is -0.431. The number of ether oxygens (including phenoxy) is 1. The molecule has 3 aromatic carbocycles. The van der Waals surface area contributed by atoms with Crippen molar-refractivity contribution in [2.24, 2.45) is 0 Å². The number of nitrogens with one attached hydrogen (secondary N) is 1. The van der Waals surface area contributed by atoms with Gasteiger partial charge in [-0.1, -0.05) is 66.2 Å². The first-order valence-electron chi connectivity index (χ1n) is 10.3. The Hall–Kier alpha value is -3.81. The minimum absolute atomic E-state index is 0.0119. The standard InChI is InChI=1S/C25H21ClN4O3/c26-21-11-9-19(10-12-21)24(33-17-18-5-2-1-3-6-18)16-27-25-14-13-23(28-29-25)20-7-4-8-22(15-20)30(31)32/h1-15,24H,16-17H2,(H,27,29). The van der Waals surface area contributed by atoms with E-state index in [4.69, 9.17) is 16.3 Å². The molecular weight excluding hydrogens is 440 g/mol. The molecule has 0 fully saturated rings. The van der Waals surface area contributed by atoms with Crippen LogP contribution in [0, 0.1) is 10.1 Å². The summed E-state index contributed by atoms with van der Waals surface area (Å²) in [6.45, 7) is 0.937. The number of hydrogen-bond donors (Lipinski definition) is 1. The first kappa shape index (κ1) is 22.4. The summed E-state index contributed by atoms with van der Waals surface area (Å²) >= 11 is 6.04. The first-order chi connectivity index (χ1) is 16.1. The highest BCUT2D eigenvalue weighted by Gasteiger charge is 2.14. The summed E-state index contributed by atoms with van der Waals surface area (Å²) in [5, 5.41) is 23.4. The second-order valence-corrected chi connectivity index (χ2v) is 7.77. The van der Waals surface area contributed by atoms with E-state index in [-0.39, 0.29) is 11.8 Å². The van der Waals surface area contributed by atoms with Crippen LogP contribution in [0.2, 0.25) is 5.02 Å². The Balaban J connectivity index is 1.45. The third kappa shape index (κ3) is 6.12. The van der Waals surface area contributed by atoms with Crippen LogP contribution in [0.4, 0.5) is 11.5 Å². The highest BCUT2D eigenvalue weighted by atomic mass is 35.5. The lowest BCUT2D eigenvalue weighted by Crippen LogP contribution is -2.17. The maximum absolute atomic E-state index is 11.0. The predicted molar refractivity (Wildman–Crippen MR) is 128 cm³/mol. The number of rotatable bonds is 9. The molecule has 0 saturated heterocycles. The van der Waals surface area contributed by atoms with Crippen molar-refractivity contribution in [1.29, 1.82) is 0 Å². The summed E-state index contributed by atoms with van der Waals surface area (Å²) in [5.41, 5.74) is 3.27. The van der Waals surface area contributed by atoms with Crippen molar-refractivity contribution < 1.29 is 9.66 Å². The molecule has 7 nitrogen and oxygen atoms in total. The van der Waals surface area contributed by atoms with E-state index >= 15 is 0 Å². The van der Waals surface area contributed by atoms with Gasteiger partial charge in [0.15, 0.2) is 0 Å². The van der Waals surface area contributed by atoms with Gasteiger partial charge in [-0.05, 0) is 35.4 Å². The Bertz CT molecular complexity index is 1200. The van der Waals surface area contributed by atoms with E-state index in [1.54, 1.807) is 24.3 Å². The van der Waals surface area contributed by atoms with Crippen molar-refractivity contribution in [3.8, 4) is 11.3 Å². The molecule has 0 aliphatic carbocycles. The molecule has 0 radical (unpaired) electrons. The summed E-state index contributed by atoms with van der Waals surface area (Å²) in [5.74, 6) is 0.575. The van der Waals surface area contributed by atoms with E-state index in [2.05, 4.69) is 15.5 Å². The summed E-state index contributed by atoms with van der Waals surface area (Å²) in [6.07, 6.45) is -0.235. The van der Waals surface area contributed by atoms with Crippen LogP contribution in [-0.2, 0) is 11.3 Å². The summed E-state index contributed by atoms with van der Waals surface area (Å²) in [4.78, 5) is 10.6. The normalized spacial score (nSPS) is 11.7. The molecule has 33 heavy (non-hydrogen) atoms. The van der Waals surface area contributed by atoms with Gasteiger partial charge in [-0.2, -0.15) is 0 Å². The number of hydrogen-bond acceptors (Lipinski definition) is 6. The summed E-state index contributed by atoms with van der Waals surface area (Å²) < 4.78 is 6.19. The zero-order valence-corrected chi connectivity index (χ0v) is 18.4. The molecule has 8 heteroatoms. The molecule has 1 heterocycles. The number of aromatic nitrogens is 2. The fourth-order valence-electron chi connectivity index (χ4n) is 3.28. The van der Waals surface area contributed by atoms with Crippen LogP contribution in [0.1, 0.15) is 17.2 Å². The van der Waals surface area contributed by atoms with Crippen LogP contribution in [0.15, 0.2) is 91.0 Å². The molecular formula is C25H21ClN4O3. The maximum atomic E-state index is 11.0. The quantitative estimate of drug-likeness (QED) is 0.240. The lowest BCUT2D eigenvalue weighted by molar-refractivity contribution is -0.384. The van der Waals surface area contributed by atoms with E-state index < -0.39 is 4.92 Å². The van der Waals surface area contributed by atoms with Gasteiger partial charge in [0.05, 0.1) is 17.2 Å². The number of halogens is 1. The molecule has 1 atom stereocenters. The molecule has 0 bridgehead atoms. The van der Waals surface area contributed by atoms with Crippen LogP contribution in [0.5, 0.6) is 0 Å². The number of anilines is 1. The SMILES string of the molecule is O=[N+]([O-])c1cccc(-c2ccc(NCC(OCc3ccccc3)c3ccc(Cl)cc3)nn2)c1. The Kier molecular flexibility index (Phi) is 7.24. The maximum Gasteiger partial charge on any atom is 0.270 e. The number of benzene rings is 3. The fourth-order valence-corrected chi connectivity index (χ4v) is 3.40. The molecule has 166 valence electrons. The van der Waals surface area contributed by atoms with Crippen LogP contribution >= 0.6 is 11.6 Å². The van der Waals surface area contributed by atoms with Crippen molar-refractivity contribution in [1.82, 2.24) is 10.2 Å². The molecule has 0 saturated carbocycles. The average Bonchev–Trinajstić information content (AvgIpc) is 2.86. The summed E-state index contributed by atoms with van der Waals surface area (Å²) in [7, 11) is 0. The van der Waals surface area contributed by atoms with Gasteiger partial charge >= 0.3 is 0 Å². The third-order valence-electron chi connectivity index (χ3n) is 5.02. The molecule has 0 aliphatic heterocycles. The third-order valence-corrected chi connectivity index (χ3v) is 5.27. The fraction of sp³-hybridized carbons (Fsp3) is 0.120. The van der Waals surface area contributed by atoms with Crippen LogP contribution in [0.3, 0.4) is 0 Å². The Labute approximate surface area is 196 Å². The van der Waals surface area contributed by atoms with Crippen molar-refractivity contribution >= 4 is 23.1 Å². The Morgan fingerprint density at radius 3 is 2.42 bits per heavy atom. The van der Waals surface area contributed by atoms with E-state index in [1.165, 1.54) is 12.1 Å². The molecule has 0 aliphatic rings. The van der Waals surface area contributed by atoms with Crippen LogP contribution in [-0.4, -0.2) is 21.7 Å². The van der Waals surface area contributed by atoms with Crippen LogP contribution < -0.4 is 5.32 Å². The lowest BCUT2D eigenvalue weighted by Gasteiger charge is -2.19. The van der Waals surface area contributed by atoms with Crippen molar-refractivity contribution in [3.05, 3.63) is 117 Å². The highest BCUT2D eigenvalue weighted by Crippen LogP contribution is 2.24. The van der Waals surface area contributed by atoms with Gasteiger partial charge in [0.2, 0.25) is 0 Å². The zero-order valence-electron chi connectivity index (χ0n) is 17.6. The van der Waals surface area contributed by atoms with E-state index in [9.17, 15) is 10.1 Å². The lowest BCUT2D eigenvalue weighted by atomic mass is 10.1. The van der Waals surface area contributed by atoms with Crippen molar-refractivity contribution in [2.75, 3.05) is 11.9 Å². The molecule has 1 unspecified atom stereocenters. The summed E-state index contributed by atoms with van der Waals surface area (Å²) in [6, 6.07) is 27.4. The van der Waals surface area contributed by atoms with E-state index in [0.717, 1.165) is 11.1 Å². The predicted octanol–water partition coefficient (Wildman–Crippen LogP) is 6.08. The molecule has 1 N–H and O–H groups in total. The number of nitro benzene ring substituents is 1. The number of non-ortho nitro benzene ring substituents is 1. The number of nitrogens with zero attached hydrogens (tertiary/aromatic N) is 3. The van der Waals surface area contributed by atoms with Gasteiger partial charge in [-0.3, -0.25) is 10.1 Å².